The first-order chi connectivity index (χ1) is 10.7. The molecule has 1 heterocycles. The maximum Gasteiger partial charge on any atom is 1.00 e. The molecule has 0 saturated heterocycles. The van der Waals surface area contributed by atoms with Gasteiger partial charge in [-0.25, -0.2) is 13.2 Å². The van der Waals surface area contributed by atoms with Crippen LogP contribution in [0.1, 0.15) is 17.3 Å². The normalized spacial score (nSPS) is 17.5. The molecule has 2 rings (SSSR count). The zero-order valence-electron chi connectivity index (χ0n) is 12.9. The fourth-order valence-electron chi connectivity index (χ4n) is 1.89. The number of ether oxygens (including phenoxy) is 1. The van der Waals surface area contributed by atoms with Crippen LogP contribution in [0.3, 0.4) is 0 Å². The van der Waals surface area contributed by atoms with Gasteiger partial charge in [-0.1, -0.05) is 11.6 Å². The van der Waals surface area contributed by atoms with E-state index in [2.05, 4.69) is 5.32 Å². The van der Waals surface area contributed by atoms with Crippen LogP contribution in [0.2, 0.25) is 0 Å². The summed E-state index contributed by atoms with van der Waals surface area (Å²) in [6.45, 7) is 0.896. The smallest absolute Gasteiger partial charge is 0.746 e. The van der Waals surface area contributed by atoms with Crippen LogP contribution in [0, 0.1) is 0 Å². The van der Waals surface area contributed by atoms with Crippen molar-refractivity contribution in [1.82, 2.24) is 10.2 Å². The first-order valence-electron chi connectivity index (χ1n) is 6.31. The molecule has 11 heteroatoms. The number of halogens is 1. The molecule has 1 aliphatic heterocycles. The number of carbonyl (C=O) groups excluding carboxylic acids is 2. The van der Waals surface area contributed by atoms with Crippen molar-refractivity contribution in [2.45, 2.75) is 12.3 Å². The summed E-state index contributed by atoms with van der Waals surface area (Å²) in [4.78, 5) is 23.6. The minimum Gasteiger partial charge on any atom is -0.746 e. The Labute approximate surface area is 165 Å². The van der Waals surface area contributed by atoms with Gasteiger partial charge in [-0.05, 0) is 31.2 Å². The Morgan fingerprint density at radius 2 is 1.96 bits per heavy atom. The first-order valence-corrected chi connectivity index (χ1v) is 8.16. The molecule has 0 radical (unpaired) electrons. The van der Waals surface area contributed by atoms with Crippen LogP contribution in [0.5, 0.6) is 5.75 Å². The number of nitrogens with zero attached hydrogens (tertiary/aromatic N) is 1. The minimum atomic E-state index is -4.89. The second-order valence-corrected chi connectivity index (χ2v) is 6.52. The van der Waals surface area contributed by atoms with Crippen molar-refractivity contribution in [3.05, 3.63) is 41.1 Å². The molecule has 124 valence electrons. The average molecular weight is 383 g/mol. The summed E-state index contributed by atoms with van der Waals surface area (Å²) < 4.78 is 39.2. The molecule has 1 aromatic rings. The molecule has 0 saturated carbocycles. The third-order valence-corrected chi connectivity index (χ3v) is 4.52. The standard InChI is InChI=1S/C13H13ClN2O6S.Na/c1-8(17)9-2-4-10(5-3-9)22-7-16-12(23(19,20)21)11(14)6-15-13(16)18;/h2-6,12H,7H2,1H3,(H,15,18)(H,19,20,21);/q;+1/p-1. The molecule has 0 bridgehead atoms. The van der Waals surface area contributed by atoms with Crippen LogP contribution >= 0.6 is 11.6 Å². The summed E-state index contributed by atoms with van der Waals surface area (Å²) >= 11 is 5.70. The monoisotopic (exact) mass is 382 g/mol. The molecule has 1 atom stereocenters. The van der Waals surface area contributed by atoms with E-state index in [0.29, 0.717) is 10.5 Å². The fraction of sp³-hybridized carbons (Fsp3) is 0.231. The quantitative estimate of drug-likeness (QED) is 0.365. The molecule has 1 aromatic carbocycles. The van der Waals surface area contributed by atoms with Crippen LogP contribution in [-0.2, 0) is 10.1 Å². The van der Waals surface area contributed by atoms with E-state index in [4.69, 9.17) is 16.3 Å². The van der Waals surface area contributed by atoms with E-state index in [9.17, 15) is 22.6 Å². The maximum absolute atomic E-state index is 11.7. The first kappa shape index (κ1) is 20.9. The van der Waals surface area contributed by atoms with Crippen LogP contribution in [0.25, 0.3) is 0 Å². The second kappa shape index (κ2) is 8.32. The largest absolute Gasteiger partial charge is 1.00 e. The van der Waals surface area contributed by atoms with Gasteiger partial charge in [-0.2, -0.15) is 0 Å². The summed E-state index contributed by atoms with van der Waals surface area (Å²) in [5.41, 5.74) is 0.471. The topological polar surface area (TPSA) is 116 Å². The van der Waals surface area contributed by atoms with Crippen molar-refractivity contribution < 1.29 is 56.9 Å². The number of hydrogen-bond acceptors (Lipinski definition) is 6. The van der Waals surface area contributed by atoms with Crippen molar-refractivity contribution in [1.29, 1.82) is 0 Å². The number of Topliss-reactive ketones (excluding diaryl/α,β-unsaturated/α-hetero) is 1. The number of urea groups is 1. The molecular weight excluding hydrogens is 371 g/mol. The predicted molar refractivity (Wildman–Crippen MR) is 79.7 cm³/mol. The van der Waals surface area contributed by atoms with Gasteiger partial charge in [0.15, 0.2) is 17.9 Å². The zero-order valence-corrected chi connectivity index (χ0v) is 16.4. The van der Waals surface area contributed by atoms with Crippen LogP contribution < -0.4 is 39.6 Å². The number of amides is 2. The molecular formula is C13H12ClN2NaO6S. The fourth-order valence-corrected chi connectivity index (χ4v) is 3.20. The molecule has 1 N–H and O–H groups in total. The van der Waals surface area contributed by atoms with Crippen molar-refractivity contribution in [2.24, 2.45) is 0 Å². The van der Waals surface area contributed by atoms with Gasteiger partial charge >= 0.3 is 35.6 Å². The zero-order chi connectivity index (χ0) is 17.2. The van der Waals surface area contributed by atoms with E-state index in [-0.39, 0.29) is 46.1 Å². The van der Waals surface area contributed by atoms with Gasteiger partial charge in [0, 0.05) is 11.8 Å². The average Bonchev–Trinajstić information content (AvgIpc) is 2.47. The molecule has 2 amide bonds. The van der Waals surface area contributed by atoms with E-state index in [1.54, 1.807) is 0 Å². The molecule has 0 aliphatic carbocycles. The van der Waals surface area contributed by atoms with Crippen molar-refractivity contribution in [3.8, 4) is 5.75 Å². The maximum atomic E-state index is 11.7. The number of ketones is 1. The molecule has 0 fully saturated rings. The summed E-state index contributed by atoms with van der Waals surface area (Å²) in [6.07, 6.45) is 0.947. The van der Waals surface area contributed by atoms with E-state index in [0.717, 1.165) is 6.20 Å². The SMILES string of the molecule is CC(=O)c1ccc(OCN2C(=O)NC=C(Cl)C2S(=O)(=O)[O-])cc1.[Na+]. The van der Waals surface area contributed by atoms with Gasteiger partial charge < -0.3 is 14.6 Å². The number of hydrogen-bond donors (Lipinski definition) is 1. The molecule has 0 aromatic heterocycles. The minimum absolute atomic E-state index is 0. The number of benzene rings is 1. The molecule has 1 aliphatic rings. The predicted octanol–water partition coefficient (Wildman–Crippen LogP) is -1.79. The third kappa shape index (κ3) is 4.95. The van der Waals surface area contributed by atoms with E-state index in [1.807, 2.05) is 0 Å². The molecule has 24 heavy (non-hydrogen) atoms. The Hall–Kier alpha value is -1.10. The molecule has 1 unspecified atom stereocenters. The van der Waals surface area contributed by atoms with Crippen molar-refractivity contribution >= 4 is 33.5 Å². The Kier molecular flexibility index (Phi) is 7.26. The second-order valence-electron chi connectivity index (χ2n) is 4.65. The van der Waals surface area contributed by atoms with E-state index >= 15 is 0 Å². The van der Waals surface area contributed by atoms with Crippen molar-refractivity contribution in [3.63, 3.8) is 0 Å². The van der Waals surface area contributed by atoms with Gasteiger partial charge in [0.05, 0.1) is 5.03 Å². The molecule has 0 spiro atoms. The van der Waals surface area contributed by atoms with Crippen LogP contribution in [0.15, 0.2) is 35.5 Å². The third-order valence-electron chi connectivity index (χ3n) is 3.02. The van der Waals surface area contributed by atoms with Crippen molar-refractivity contribution in [2.75, 3.05) is 6.73 Å². The van der Waals surface area contributed by atoms with Gasteiger partial charge in [-0.3, -0.25) is 9.69 Å². The molecule has 8 nitrogen and oxygen atoms in total. The van der Waals surface area contributed by atoms with Gasteiger partial charge in [0.2, 0.25) is 0 Å². The Balaban J connectivity index is 0.00000288. The van der Waals surface area contributed by atoms with Gasteiger partial charge in [-0.15, -0.1) is 0 Å². The van der Waals surface area contributed by atoms with E-state index < -0.39 is 28.3 Å². The Morgan fingerprint density at radius 3 is 2.46 bits per heavy atom. The van der Waals surface area contributed by atoms with E-state index in [1.165, 1.54) is 31.2 Å². The summed E-state index contributed by atoms with van der Waals surface area (Å²) in [6, 6.07) is 5.16. The number of rotatable bonds is 5. The Bertz CT molecular complexity index is 765. The van der Waals surface area contributed by atoms with Crippen LogP contribution in [0.4, 0.5) is 4.79 Å². The summed E-state index contributed by atoms with van der Waals surface area (Å²) in [5.74, 6) is 0.164. The summed E-state index contributed by atoms with van der Waals surface area (Å²) in [7, 11) is -4.89. The van der Waals surface area contributed by atoms with Crippen LogP contribution in [-0.4, -0.2) is 41.8 Å². The van der Waals surface area contributed by atoms with Gasteiger partial charge in [0.25, 0.3) is 0 Å². The summed E-state index contributed by atoms with van der Waals surface area (Å²) in [5, 5.41) is 0.0190. The van der Waals surface area contributed by atoms with Gasteiger partial charge in [0.1, 0.15) is 15.9 Å². The Morgan fingerprint density at radius 1 is 1.38 bits per heavy atom. The number of carbonyl (C=O) groups is 2. The number of nitrogens with one attached hydrogen (secondary N) is 1.